The molecule has 0 N–H and O–H groups in total. The van der Waals surface area contributed by atoms with Crippen molar-refractivity contribution >= 4 is 17.0 Å². The van der Waals surface area contributed by atoms with E-state index in [1.54, 1.807) is 6.20 Å². The lowest BCUT2D eigenvalue weighted by atomic mass is 10.2. The third kappa shape index (κ3) is 3.54. The maximum absolute atomic E-state index is 12.1. The molecule has 118 valence electrons. The van der Waals surface area contributed by atoms with Crippen molar-refractivity contribution in [3.63, 3.8) is 0 Å². The molecule has 0 saturated carbocycles. The van der Waals surface area contributed by atoms with Crippen molar-refractivity contribution in [3.8, 4) is 5.75 Å². The van der Waals surface area contributed by atoms with Gasteiger partial charge in [-0.25, -0.2) is 4.79 Å². The molecule has 0 spiro atoms. The van der Waals surface area contributed by atoms with Gasteiger partial charge < -0.3 is 9.47 Å². The number of carbonyl (C=O) groups is 1. The number of ether oxygens (including phenoxy) is 2. The van der Waals surface area contributed by atoms with E-state index >= 15 is 0 Å². The van der Waals surface area contributed by atoms with Gasteiger partial charge in [0.2, 0.25) is 0 Å². The van der Waals surface area contributed by atoms with Gasteiger partial charge in [-0.3, -0.25) is 4.57 Å². The van der Waals surface area contributed by atoms with E-state index in [0.29, 0.717) is 13.2 Å². The van der Waals surface area contributed by atoms with Crippen molar-refractivity contribution in [3.05, 3.63) is 66.4 Å². The molecule has 0 fully saturated rings. The van der Waals surface area contributed by atoms with Crippen LogP contribution in [0.5, 0.6) is 5.75 Å². The Balaban J connectivity index is 1.78. The summed E-state index contributed by atoms with van der Waals surface area (Å²) < 4.78 is 12.5. The Morgan fingerprint density at radius 2 is 1.91 bits per heavy atom. The third-order valence-corrected chi connectivity index (χ3v) is 3.54. The van der Waals surface area contributed by atoms with Gasteiger partial charge in [-0.05, 0) is 30.2 Å². The van der Waals surface area contributed by atoms with Crippen LogP contribution in [0.1, 0.15) is 18.9 Å². The van der Waals surface area contributed by atoms with Gasteiger partial charge in [-0.1, -0.05) is 37.3 Å². The minimum Gasteiger partial charge on any atom is -0.489 e. The number of nitrogens with zero attached hydrogens (tertiary/aromatic N) is 1. The first-order valence-corrected chi connectivity index (χ1v) is 7.73. The molecule has 0 atom stereocenters. The molecule has 3 rings (SSSR count). The van der Waals surface area contributed by atoms with Crippen LogP contribution < -0.4 is 4.74 Å². The normalized spacial score (nSPS) is 10.7. The molecule has 0 aliphatic heterocycles. The van der Waals surface area contributed by atoms with E-state index in [-0.39, 0.29) is 6.09 Å². The first-order valence-electron chi connectivity index (χ1n) is 7.73. The van der Waals surface area contributed by atoms with Crippen LogP contribution in [0.15, 0.2) is 60.8 Å². The van der Waals surface area contributed by atoms with Gasteiger partial charge >= 0.3 is 6.09 Å². The lowest BCUT2D eigenvalue weighted by Gasteiger charge is -2.08. The monoisotopic (exact) mass is 309 g/mol. The lowest BCUT2D eigenvalue weighted by molar-refractivity contribution is 0.149. The SMILES string of the molecule is CCCOC(=O)n1ccc2ccc(OCc3ccccc3)cc21. The van der Waals surface area contributed by atoms with E-state index in [9.17, 15) is 4.79 Å². The number of aromatic nitrogens is 1. The van der Waals surface area contributed by atoms with E-state index in [1.807, 2.05) is 61.5 Å². The van der Waals surface area contributed by atoms with Crippen molar-refractivity contribution in [1.29, 1.82) is 0 Å². The fourth-order valence-corrected chi connectivity index (χ4v) is 2.36. The first kappa shape index (κ1) is 15.2. The Labute approximate surface area is 135 Å². The van der Waals surface area contributed by atoms with Crippen LogP contribution in [0.4, 0.5) is 4.79 Å². The molecule has 2 aromatic carbocycles. The van der Waals surface area contributed by atoms with Gasteiger partial charge in [-0.15, -0.1) is 0 Å². The zero-order valence-corrected chi connectivity index (χ0v) is 13.1. The van der Waals surface area contributed by atoms with E-state index in [1.165, 1.54) is 4.57 Å². The van der Waals surface area contributed by atoms with Crippen LogP contribution in [-0.4, -0.2) is 17.3 Å². The van der Waals surface area contributed by atoms with Crippen LogP contribution >= 0.6 is 0 Å². The van der Waals surface area contributed by atoms with E-state index in [0.717, 1.165) is 28.6 Å². The molecular formula is C19H19NO3. The predicted molar refractivity (Wildman–Crippen MR) is 89.7 cm³/mol. The molecule has 4 heteroatoms. The van der Waals surface area contributed by atoms with E-state index in [2.05, 4.69) is 0 Å². The maximum atomic E-state index is 12.1. The molecule has 0 amide bonds. The Morgan fingerprint density at radius 3 is 2.70 bits per heavy atom. The smallest absolute Gasteiger partial charge is 0.418 e. The lowest BCUT2D eigenvalue weighted by Crippen LogP contribution is -2.12. The highest BCUT2D eigenvalue weighted by molar-refractivity contribution is 5.90. The summed E-state index contributed by atoms with van der Waals surface area (Å²) in [5, 5.41) is 0.977. The minimum absolute atomic E-state index is 0.359. The third-order valence-electron chi connectivity index (χ3n) is 3.54. The minimum atomic E-state index is -0.359. The van der Waals surface area contributed by atoms with Gasteiger partial charge in [0.25, 0.3) is 0 Å². The number of carbonyl (C=O) groups excluding carboxylic acids is 1. The summed E-state index contributed by atoms with van der Waals surface area (Å²) in [7, 11) is 0. The van der Waals surface area contributed by atoms with Crippen LogP contribution in [0.2, 0.25) is 0 Å². The average Bonchev–Trinajstić information content (AvgIpc) is 3.02. The molecule has 0 aliphatic carbocycles. The largest absolute Gasteiger partial charge is 0.489 e. The van der Waals surface area contributed by atoms with Crippen molar-refractivity contribution in [2.24, 2.45) is 0 Å². The highest BCUT2D eigenvalue weighted by Gasteiger charge is 2.10. The topological polar surface area (TPSA) is 40.5 Å². The number of benzene rings is 2. The summed E-state index contributed by atoms with van der Waals surface area (Å²) in [5.41, 5.74) is 1.89. The van der Waals surface area contributed by atoms with E-state index < -0.39 is 0 Å². The summed E-state index contributed by atoms with van der Waals surface area (Å²) >= 11 is 0. The summed E-state index contributed by atoms with van der Waals surface area (Å²) in [5.74, 6) is 0.726. The second-order valence-electron chi connectivity index (χ2n) is 5.30. The van der Waals surface area contributed by atoms with E-state index in [4.69, 9.17) is 9.47 Å². The van der Waals surface area contributed by atoms with Gasteiger partial charge in [-0.2, -0.15) is 0 Å². The Hall–Kier alpha value is -2.75. The molecule has 0 radical (unpaired) electrons. The standard InChI is InChI=1S/C19H19NO3/c1-2-12-22-19(21)20-11-10-16-8-9-17(13-18(16)20)23-14-15-6-4-3-5-7-15/h3-11,13H,2,12,14H2,1H3. The Bertz CT molecular complexity index is 793. The van der Waals surface area contributed by atoms with Crippen molar-refractivity contribution in [1.82, 2.24) is 4.57 Å². The average molecular weight is 309 g/mol. The summed E-state index contributed by atoms with van der Waals surface area (Å²) in [6, 6.07) is 17.6. The zero-order valence-electron chi connectivity index (χ0n) is 13.1. The molecule has 0 bridgehead atoms. The highest BCUT2D eigenvalue weighted by Crippen LogP contribution is 2.23. The van der Waals surface area contributed by atoms with Gasteiger partial charge in [0.05, 0.1) is 12.1 Å². The molecule has 1 heterocycles. The summed E-state index contributed by atoms with van der Waals surface area (Å²) in [6.07, 6.45) is 2.17. The molecule has 0 saturated heterocycles. The van der Waals surface area contributed by atoms with Gasteiger partial charge in [0.1, 0.15) is 12.4 Å². The highest BCUT2D eigenvalue weighted by atomic mass is 16.5. The number of rotatable bonds is 5. The molecule has 0 aliphatic rings. The second-order valence-corrected chi connectivity index (χ2v) is 5.30. The van der Waals surface area contributed by atoms with Crippen LogP contribution in [0.3, 0.4) is 0 Å². The van der Waals surface area contributed by atoms with Crippen molar-refractivity contribution in [2.45, 2.75) is 20.0 Å². The maximum Gasteiger partial charge on any atom is 0.418 e. The number of hydrogen-bond acceptors (Lipinski definition) is 3. The zero-order chi connectivity index (χ0) is 16.1. The number of fused-ring (bicyclic) bond motifs is 1. The predicted octanol–water partition coefficient (Wildman–Crippen LogP) is 4.62. The second kappa shape index (κ2) is 7.01. The fraction of sp³-hybridized carbons (Fsp3) is 0.211. The first-order chi connectivity index (χ1) is 11.3. The van der Waals surface area contributed by atoms with Crippen molar-refractivity contribution < 1.29 is 14.3 Å². The summed E-state index contributed by atoms with van der Waals surface area (Å²) in [4.78, 5) is 12.1. The van der Waals surface area contributed by atoms with Gasteiger partial charge in [0, 0.05) is 17.6 Å². The number of hydrogen-bond donors (Lipinski definition) is 0. The molecule has 4 nitrogen and oxygen atoms in total. The quantitative estimate of drug-likeness (QED) is 0.690. The molecule has 0 unspecified atom stereocenters. The molecule has 1 aromatic heterocycles. The van der Waals surface area contributed by atoms with Crippen molar-refractivity contribution in [2.75, 3.05) is 6.61 Å². The van der Waals surface area contributed by atoms with Crippen LogP contribution in [-0.2, 0) is 11.3 Å². The van der Waals surface area contributed by atoms with Crippen LogP contribution in [0.25, 0.3) is 10.9 Å². The molecular weight excluding hydrogens is 290 g/mol. The summed E-state index contributed by atoms with van der Waals surface area (Å²) in [6.45, 7) is 2.88. The Morgan fingerprint density at radius 1 is 1.09 bits per heavy atom. The molecule has 3 aromatic rings. The molecule has 23 heavy (non-hydrogen) atoms. The fourth-order valence-electron chi connectivity index (χ4n) is 2.36. The van der Waals surface area contributed by atoms with Crippen LogP contribution in [0, 0.1) is 0 Å². The van der Waals surface area contributed by atoms with Gasteiger partial charge in [0.15, 0.2) is 0 Å². The Kier molecular flexibility index (Phi) is 4.62.